The van der Waals surface area contributed by atoms with Gasteiger partial charge in [0.1, 0.15) is 0 Å². The maximum atomic E-state index is 3.95. The van der Waals surface area contributed by atoms with Gasteiger partial charge in [-0.25, -0.2) is 0 Å². The SMILES string of the molecule is Brc1cc(-c2ccc3c(c2)c2ccccc2n3-c2ccc(-c3ccccc3)cc2)cc(-c2ccc3c(c2)c2ccccc2n3-c2ccc3c(c2)C(c2ccccc2)(c2ccccc2)c2ccccc2-3)c1. The Labute approximate surface area is 415 Å². The largest absolute Gasteiger partial charge is 0.309 e. The lowest BCUT2D eigenvalue weighted by Gasteiger charge is -2.34. The third-order valence-corrected chi connectivity index (χ3v) is 15.3. The second-order valence-electron chi connectivity index (χ2n) is 18.6. The highest BCUT2D eigenvalue weighted by molar-refractivity contribution is 9.10. The van der Waals surface area contributed by atoms with E-state index in [1.165, 1.54) is 99.2 Å². The second-order valence-corrected chi connectivity index (χ2v) is 19.5. The van der Waals surface area contributed by atoms with Crippen molar-refractivity contribution in [1.82, 2.24) is 9.13 Å². The molecule has 0 atom stereocenters. The summed E-state index contributed by atoms with van der Waals surface area (Å²) in [4.78, 5) is 0. The first-order valence-electron chi connectivity index (χ1n) is 24.0. The Bertz CT molecular complexity index is 4130. The Balaban J connectivity index is 0.882. The molecule has 0 unspecified atom stereocenters. The summed E-state index contributed by atoms with van der Waals surface area (Å²) in [6, 6.07) is 96.2. The van der Waals surface area contributed by atoms with Crippen LogP contribution in [0, 0.1) is 0 Å². The van der Waals surface area contributed by atoms with E-state index in [9.17, 15) is 0 Å². The van der Waals surface area contributed by atoms with Crippen LogP contribution in [0.15, 0.2) is 265 Å². The van der Waals surface area contributed by atoms with Crippen LogP contribution in [0.5, 0.6) is 0 Å². The van der Waals surface area contributed by atoms with Gasteiger partial charge >= 0.3 is 0 Å². The summed E-state index contributed by atoms with van der Waals surface area (Å²) >= 11 is 3.95. The van der Waals surface area contributed by atoms with E-state index in [-0.39, 0.29) is 0 Å². The second kappa shape index (κ2) is 16.1. The normalized spacial score (nSPS) is 12.8. The summed E-state index contributed by atoms with van der Waals surface area (Å²) in [5, 5.41) is 4.92. The number of para-hydroxylation sites is 2. The molecule has 0 saturated heterocycles. The molecule has 2 heterocycles. The average Bonchev–Trinajstić information content (AvgIpc) is 4.05. The van der Waals surface area contributed by atoms with Crippen molar-refractivity contribution >= 4 is 59.5 Å². The van der Waals surface area contributed by atoms with Crippen LogP contribution in [-0.2, 0) is 5.41 Å². The van der Waals surface area contributed by atoms with Gasteiger partial charge in [0, 0.05) is 37.4 Å². The standard InChI is InChI=1S/C67H43BrN2/c68-52-39-48(46-30-36-65-59(41-46)57-23-11-14-26-63(57)69(65)53-32-28-45(29-33-53)44-16-4-1-5-17-44)38-49(40-52)47-31-37-66-60(42-47)58-24-12-15-27-64(58)70(66)54-34-35-56-55-22-10-13-25-61(55)67(62(56)43-54,50-18-6-2-7-19-50)51-20-8-3-9-21-51/h1-43H. The maximum Gasteiger partial charge on any atom is 0.0714 e. The molecular formula is C67H43BrN2. The number of hydrogen-bond acceptors (Lipinski definition) is 0. The van der Waals surface area contributed by atoms with Gasteiger partial charge in [-0.2, -0.15) is 0 Å². The smallest absolute Gasteiger partial charge is 0.0714 e. The molecule has 3 heteroatoms. The van der Waals surface area contributed by atoms with Crippen LogP contribution in [-0.4, -0.2) is 9.13 Å². The Kier molecular flexibility index (Phi) is 9.30. The molecule has 0 aliphatic heterocycles. The Morgan fingerprint density at radius 2 is 0.714 bits per heavy atom. The Morgan fingerprint density at radius 1 is 0.271 bits per heavy atom. The first kappa shape index (κ1) is 40.6. The highest BCUT2D eigenvalue weighted by Crippen LogP contribution is 2.56. The van der Waals surface area contributed by atoms with Gasteiger partial charge in [0.05, 0.1) is 27.5 Å². The fourth-order valence-electron chi connectivity index (χ4n) is 11.8. The van der Waals surface area contributed by atoms with Gasteiger partial charge in [-0.15, -0.1) is 0 Å². The number of aromatic nitrogens is 2. The molecule has 0 radical (unpaired) electrons. The van der Waals surface area contributed by atoms with Crippen molar-refractivity contribution in [1.29, 1.82) is 0 Å². The third kappa shape index (κ3) is 6.18. The first-order chi connectivity index (χ1) is 34.6. The molecule has 0 saturated carbocycles. The molecule has 2 nitrogen and oxygen atoms in total. The summed E-state index contributed by atoms with van der Waals surface area (Å²) in [6.45, 7) is 0. The van der Waals surface area contributed by atoms with Gasteiger partial charge in [0.2, 0.25) is 0 Å². The number of nitrogens with zero attached hydrogens (tertiary/aromatic N) is 2. The van der Waals surface area contributed by atoms with E-state index >= 15 is 0 Å². The van der Waals surface area contributed by atoms with E-state index in [0.29, 0.717) is 0 Å². The molecular weight excluding hydrogens is 913 g/mol. The predicted molar refractivity (Wildman–Crippen MR) is 296 cm³/mol. The third-order valence-electron chi connectivity index (χ3n) is 14.8. The molecule has 328 valence electrons. The van der Waals surface area contributed by atoms with E-state index in [1.54, 1.807) is 0 Å². The summed E-state index contributed by atoms with van der Waals surface area (Å²) in [5.41, 5.74) is 21.4. The van der Waals surface area contributed by atoms with Crippen molar-refractivity contribution in [2.45, 2.75) is 5.41 Å². The van der Waals surface area contributed by atoms with Crippen LogP contribution in [0.3, 0.4) is 0 Å². The lowest BCUT2D eigenvalue weighted by molar-refractivity contribution is 0.767. The van der Waals surface area contributed by atoms with E-state index in [4.69, 9.17) is 0 Å². The van der Waals surface area contributed by atoms with Gasteiger partial charge in [0.25, 0.3) is 0 Å². The van der Waals surface area contributed by atoms with Gasteiger partial charge in [-0.1, -0.05) is 198 Å². The summed E-state index contributed by atoms with van der Waals surface area (Å²) < 4.78 is 5.91. The number of benzene rings is 11. The molecule has 13 aromatic rings. The molecule has 1 aliphatic carbocycles. The van der Waals surface area contributed by atoms with Crippen LogP contribution >= 0.6 is 15.9 Å². The van der Waals surface area contributed by atoms with E-state index in [2.05, 4.69) is 286 Å². The van der Waals surface area contributed by atoms with Crippen molar-refractivity contribution in [3.63, 3.8) is 0 Å². The molecule has 0 N–H and O–H groups in total. The Hall–Kier alpha value is -8.50. The van der Waals surface area contributed by atoms with Crippen molar-refractivity contribution in [3.8, 4) is 55.9 Å². The number of halogens is 1. The van der Waals surface area contributed by atoms with Crippen molar-refractivity contribution in [3.05, 3.63) is 288 Å². The number of hydrogen-bond donors (Lipinski definition) is 0. The van der Waals surface area contributed by atoms with E-state index in [0.717, 1.165) is 27.0 Å². The summed E-state index contributed by atoms with van der Waals surface area (Å²) in [7, 11) is 0. The van der Waals surface area contributed by atoms with Crippen LogP contribution in [0.25, 0.3) is 99.5 Å². The molecule has 70 heavy (non-hydrogen) atoms. The fraction of sp³-hybridized carbons (Fsp3) is 0.0149. The van der Waals surface area contributed by atoms with Crippen molar-refractivity contribution < 1.29 is 0 Å². The van der Waals surface area contributed by atoms with Gasteiger partial charge in [0.15, 0.2) is 0 Å². The Morgan fingerprint density at radius 3 is 1.31 bits per heavy atom. The summed E-state index contributed by atoms with van der Waals surface area (Å²) in [6.07, 6.45) is 0. The zero-order valence-electron chi connectivity index (χ0n) is 38.1. The van der Waals surface area contributed by atoms with E-state index < -0.39 is 5.41 Å². The average molecular weight is 956 g/mol. The zero-order chi connectivity index (χ0) is 46.3. The number of fused-ring (bicyclic) bond motifs is 9. The van der Waals surface area contributed by atoms with Crippen molar-refractivity contribution in [2.75, 3.05) is 0 Å². The lowest BCUT2D eigenvalue weighted by atomic mass is 9.67. The van der Waals surface area contributed by atoms with Crippen LogP contribution in [0.4, 0.5) is 0 Å². The number of rotatable bonds is 7. The summed E-state index contributed by atoms with van der Waals surface area (Å²) in [5.74, 6) is 0. The van der Waals surface area contributed by atoms with Crippen LogP contribution in [0.2, 0.25) is 0 Å². The van der Waals surface area contributed by atoms with Crippen LogP contribution in [0.1, 0.15) is 22.3 Å². The molecule has 0 spiro atoms. The molecule has 0 amide bonds. The van der Waals surface area contributed by atoms with Gasteiger partial charge in [-0.05, 0) is 146 Å². The quantitative estimate of drug-likeness (QED) is 0.151. The van der Waals surface area contributed by atoms with Gasteiger partial charge in [-0.3, -0.25) is 0 Å². The predicted octanol–water partition coefficient (Wildman–Crippen LogP) is 18.0. The molecule has 14 rings (SSSR count). The minimum absolute atomic E-state index is 0.481. The van der Waals surface area contributed by atoms with Gasteiger partial charge < -0.3 is 9.13 Å². The van der Waals surface area contributed by atoms with E-state index in [1.807, 2.05) is 0 Å². The molecule has 0 bridgehead atoms. The minimum atomic E-state index is -0.481. The molecule has 11 aromatic carbocycles. The highest BCUT2D eigenvalue weighted by Gasteiger charge is 2.46. The molecule has 0 fully saturated rings. The fourth-order valence-corrected chi connectivity index (χ4v) is 12.3. The topological polar surface area (TPSA) is 9.86 Å². The zero-order valence-corrected chi connectivity index (χ0v) is 39.7. The monoisotopic (exact) mass is 954 g/mol. The van der Waals surface area contributed by atoms with Crippen molar-refractivity contribution in [2.24, 2.45) is 0 Å². The highest BCUT2D eigenvalue weighted by atomic mass is 79.9. The first-order valence-corrected chi connectivity index (χ1v) is 24.8. The minimum Gasteiger partial charge on any atom is -0.309 e. The van der Waals surface area contributed by atoms with Crippen LogP contribution < -0.4 is 0 Å². The maximum absolute atomic E-state index is 3.95. The molecule has 2 aromatic heterocycles. The molecule has 1 aliphatic rings. The lowest BCUT2D eigenvalue weighted by Crippen LogP contribution is -2.28.